The summed E-state index contributed by atoms with van der Waals surface area (Å²) in [5.41, 5.74) is 2.52. The van der Waals surface area contributed by atoms with Crippen LogP contribution in [-0.2, 0) is 22.4 Å². The molecule has 1 aromatic heterocycles. The molecular weight excluding hydrogens is 450 g/mol. The Balaban J connectivity index is 1.81. The van der Waals surface area contributed by atoms with Gasteiger partial charge in [0.2, 0.25) is 5.91 Å². The normalized spacial score (nSPS) is 15.6. The van der Waals surface area contributed by atoms with E-state index in [1.165, 1.54) is 29.4 Å². The van der Waals surface area contributed by atoms with E-state index in [-0.39, 0.29) is 11.3 Å². The maximum absolute atomic E-state index is 12.8. The average molecular weight is 486 g/mol. The van der Waals surface area contributed by atoms with Gasteiger partial charge < -0.3 is 19.5 Å². The Morgan fingerprint density at radius 2 is 1.85 bits per heavy atom. The number of hydrogen-bond donors (Lipinski definition) is 1. The number of anilines is 1. The van der Waals surface area contributed by atoms with Crippen LogP contribution in [0.1, 0.15) is 67.4 Å². The molecule has 1 aromatic carbocycles. The van der Waals surface area contributed by atoms with E-state index < -0.39 is 5.97 Å². The SMILES string of the molecule is CCOc1ccc(/C=C/C(=O)Nc2sc3c(c2C(=O)OC)CCC(C(C)(C)C)C3)cc1OCC. The van der Waals surface area contributed by atoms with Gasteiger partial charge in [0.1, 0.15) is 5.00 Å². The fraction of sp³-hybridized carbons (Fsp3) is 0.481. The van der Waals surface area contributed by atoms with Crippen LogP contribution in [-0.4, -0.2) is 32.2 Å². The minimum atomic E-state index is -0.404. The molecule has 1 atom stereocenters. The van der Waals surface area contributed by atoms with Crippen molar-refractivity contribution in [1.82, 2.24) is 0 Å². The van der Waals surface area contributed by atoms with Crippen molar-refractivity contribution < 1.29 is 23.8 Å². The molecule has 1 unspecified atom stereocenters. The molecule has 3 rings (SSSR count). The van der Waals surface area contributed by atoms with Crippen molar-refractivity contribution in [3.8, 4) is 11.5 Å². The second-order valence-corrected chi connectivity index (χ2v) is 10.5. The van der Waals surface area contributed by atoms with Gasteiger partial charge in [-0.2, -0.15) is 0 Å². The van der Waals surface area contributed by atoms with Crippen molar-refractivity contribution in [3.05, 3.63) is 45.8 Å². The first kappa shape index (κ1) is 25.8. The van der Waals surface area contributed by atoms with Crippen LogP contribution in [0.3, 0.4) is 0 Å². The average Bonchev–Trinajstić information content (AvgIpc) is 3.15. The number of fused-ring (bicyclic) bond motifs is 1. The van der Waals surface area contributed by atoms with Gasteiger partial charge >= 0.3 is 5.97 Å². The van der Waals surface area contributed by atoms with Gasteiger partial charge in [-0.1, -0.05) is 26.8 Å². The molecule has 34 heavy (non-hydrogen) atoms. The maximum atomic E-state index is 12.8. The van der Waals surface area contributed by atoms with Crippen LogP contribution in [0, 0.1) is 11.3 Å². The summed E-state index contributed by atoms with van der Waals surface area (Å²) in [4.78, 5) is 26.5. The Morgan fingerprint density at radius 1 is 1.15 bits per heavy atom. The standard InChI is InChI=1S/C27H35NO5S/c1-7-32-20-13-9-17(15-21(20)33-8-2)10-14-23(29)28-25-24(26(30)31-6)19-12-11-18(27(3,4)5)16-22(19)34-25/h9-10,13-15,18H,7-8,11-12,16H2,1-6H3,(H,28,29)/b14-10+. The highest BCUT2D eigenvalue weighted by Gasteiger charge is 2.34. The van der Waals surface area contributed by atoms with E-state index in [0.29, 0.717) is 41.2 Å². The summed E-state index contributed by atoms with van der Waals surface area (Å²) in [5, 5.41) is 3.47. The number of rotatable bonds is 8. The van der Waals surface area contributed by atoms with E-state index in [2.05, 4.69) is 26.1 Å². The third-order valence-electron chi connectivity index (χ3n) is 6.11. The Labute approximate surface area is 206 Å². The lowest BCUT2D eigenvalue weighted by Crippen LogP contribution is -2.26. The third-order valence-corrected chi connectivity index (χ3v) is 7.28. The second kappa shape index (κ2) is 11.1. The van der Waals surface area contributed by atoms with E-state index in [1.54, 1.807) is 6.08 Å². The van der Waals surface area contributed by atoms with Gasteiger partial charge in [0.25, 0.3) is 0 Å². The molecule has 1 heterocycles. The monoisotopic (exact) mass is 485 g/mol. The van der Waals surface area contributed by atoms with Crippen LogP contribution in [0.2, 0.25) is 0 Å². The highest BCUT2D eigenvalue weighted by atomic mass is 32.1. The van der Waals surface area contributed by atoms with Gasteiger partial charge in [-0.15, -0.1) is 11.3 Å². The van der Waals surface area contributed by atoms with Crippen LogP contribution in [0.4, 0.5) is 5.00 Å². The highest BCUT2D eigenvalue weighted by Crippen LogP contribution is 2.44. The fourth-order valence-electron chi connectivity index (χ4n) is 4.23. The number of carbonyl (C=O) groups excluding carboxylic acids is 2. The van der Waals surface area contributed by atoms with Crippen molar-refractivity contribution >= 4 is 34.3 Å². The Bertz CT molecular complexity index is 1060. The molecular formula is C27H35NO5S. The predicted molar refractivity (Wildman–Crippen MR) is 137 cm³/mol. The molecule has 1 amide bonds. The van der Waals surface area contributed by atoms with Crippen LogP contribution in [0.25, 0.3) is 6.08 Å². The van der Waals surface area contributed by atoms with E-state index >= 15 is 0 Å². The number of carbonyl (C=O) groups is 2. The number of ether oxygens (including phenoxy) is 3. The van der Waals surface area contributed by atoms with Crippen LogP contribution in [0.5, 0.6) is 11.5 Å². The van der Waals surface area contributed by atoms with Gasteiger partial charge in [-0.25, -0.2) is 4.79 Å². The van der Waals surface area contributed by atoms with Crippen molar-refractivity contribution in [1.29, 1.82) is 0 Å². The van der Waals surface area contributed by atoms with Crippen molar-refractivity contribution in [2.45, 2.75) is 53.9 Å². The minimum absolute atomic E-state index is 0.192. The van der Waals surface area contributed by atoms with Gasteiger partial charge in [-0.05, 0) is 73.8 Å². The molecule has 184 valence electrons. The van der Waals surface area contributed by atoms with E-state index in [0.717, 1.165) is 30.4 Å². The summed E-state index contributed by atoms with van der Waals surface area (Å²) in [6.07, 6.45) is 5.92. The molecule has 6 nitrogen and oxygen atoms in total. The summed E-state index contributed by atoms with van der Waals surface area (Å²) >= 11 is 1.49. The first-order chi connectivity index (χ1) is 16.2. The number of methoxy groups -OCH3 is 1. The van der Waals surface area contributed by atoms with Crippen LogP contribution in [0.15, 0.2) is 24.3 Å². The topological polar surface area (TPSA) is 73.9 Å². The van der Waals surface area contributed by atoms with E-state index in [9.17, 15) is 9.59 Å². The zero-order valence-corrected chi connectivity index (χ0v) is 21.8. The largest absolute Gasteiger partial charge is 0.490 e. The first-order valence-corrected chi connectivity index (χ1v) is 12.6. The zero-order valence-electron chi connectivity index (χ0n) is 20.9. The lowest BCUT2D eigenvalue weighted by molar-refractivity contribution is -0.111. The molecule has 0 saturated carbocycles. The van der Waals surface area contributed by atoms with Gasteiger partial charge in [-0.3, -0.25) is 4.79 Å². The molecule has 0 spiro atoms. The molecule has 0 saturated heterocycles. The zero-order chi connectivity index (χ0) is 24.9. The number of esters is 1. The van der Waals surface area contributed by atoms with Gasteiger partial charge in [0, 0.05) is 11.0 Å². The minimum Gasteiger partial charge on any atom is -0.490 e. The Kier molecular flexibility index (Phi) is 8.42. The third kappa shape index (κ3) is 6.00. The lowest BCUT2D eigenvalue weighted by Gasteiger charge is -2.33. The van der Waals surface area contributed by atoms with E-state index in [1.807, 2.05) is 32.0 Å². The molecule has 0 aliphatic heterocycles. The lowest BCUT2D eigenvalue weighted by atomic mass is 9.72. The quantitative estimate of drug-likeness (QED) is 0.359. The summed E-state index contributed by atoms with van der Waals surface area (Å²) < 4.78 is 16.3. The molecule has 0 bridgehead atoms. The maximum Gasteiger partial charge on any atom is 0.341 e. The van der Waals surface area contributed by atoms with Gasteiger partial charge in [0.05, 0.1) is 25.9 Å². The molecule has 0 fully saturated rings. The number of benzene rings is 1. The number of nitrogens with one attached hydrogen (secondary N) is 1. The molecule has 1 aliphatic carbocycles. The summed E-state index contributed by atoms with van der Waals surface area (Å²) in [5.74, 6) is 1.14. The second-order valence-electron chi connectivity index (χ2n) is 9.40. The summed E-state index contributed by atoms with van der Waals surface area (Å²) in [6.45, 7) is 11.6. The predicted octanol–water partition coefficient (Wildman–Crippen LogP) is 6.14. The molecule has 0 radical (unpaired) electrons. The molecule has 7 heteroatoms. The van der Waals surface area contributed by atoms with Crippen LogP contribution < -0.4 is 14.8 Å². The fourth-order valence-corrected chi connectivity index (χ4v) is 5.55. The number of thiophene rings is 1. The first-order valence-electron chi connectivity index (χ1n) is 11.8. The Morgan fingerprint density at radius 3 is 2.50 bits per heavy atom. The Hall–Kier alpha value is -2.80. The summed E-state index contributed by atoms with van der Waals surface area (Å²) in [7, 11) is 1.38. The van der Waals surface area contributed by atoms with Crippen LogP contribution >= 0.6 is 11.3 Å². The van der Waals surface area contributed by atoms with Gasteiger partial charge in [0.15, 0.2) is 11.5 Å². The number of amides is 1. The van der Waals surface area contributed by atoms with Crippen molar-refractivity contribution in [3.63, 3.8) is 0 Å². The van der Waals surface area contributed by atoms with Crippen molar-refractivity contribution in [2.24, 2.45) is 11.3 Å². The highest BCUT2D eigenvalue weighted by molar-refractivity contribution is 7.17. The van der Waals surface area contributed by atoms with Crippen molar-refractivity contribution in [2.75, 3.05) is 25.6 Å². The molecule has 1 aliphatic rings. The number of hydrogen-bond acceptors (Lipinski definition) is 6. The smallest absolute Gasteiger partial charge is 0.341 e. The van der Waals surface area contributed by atoms with E-state index in [4.69, 9.17) is 14.2 Å². The molecule has 2 aromatic rings. The summed E-state index contributed by atoms with van der Waals surface area (Å²) in [6, 6.07) is 5.54. The molecule has 1 N–H and O–H groups in total.